The first-order valence-corrected chi connectivity index (χ1v) is 10.6. The van der Waals surface area contributed by atoms with Gasteiger partial charge in [0.1, 0.15) is 11.5 Å². The van der Waals surface area contributed by atoms with Crippen LogP contribution in [0.15, 0.2) is 71.8 Å². The molecule has 1 amide bonds. The molecule has 8 heteroatoms. The highest BCUT2D eigenvalue weighted by Crippen LogP contribution is 2.28. The third-order valence-electron chi connectivity index (χ3n) is 4.82. The molecule has 0 spiro atoms. The number of carbonyl (C=O) groups excluding carboxylic acids is 2. The summed E-state index contributed by atoms with van der Waals surface area (Å²) in [5, 5.41) is 3.93. The zero-order valence-electron chi connectivity index (χ0n) is 19.2. The molecule has 3 aromatic carbocycles. The van der Waals surface area contributed by atoms with Crippen LogP contribution in [0.5, 0.6) is 23.0 Å². The van der Waals surface area contributed by atoms with Gasteiger partial charge in [0, 0.05) is 0 Å². The van der Waals surface area contributed by atoms with Crippen molar-refractivity contribution >= 4 is 18.1 Å². The average molecular weight is 463 g/mol. The van der Waals surface area contributed by atoms with E-state index in [1.807, 2.05) is 24.3 Å². The summed E-state index contributed by atoms with van der Waals surface area (Å²) in [5.74, 6) is 0.928. The monoisotopic (exact) mass is 462 g/mol. The van der Waals surface area contributed by atoms with E-state index >= 15 is 0 Å². The van der Waals surface area contributed by atoms with E-state index in [-0.39, 0.29) is 12.4 Å². The number of amides is 1. The van der Waals surface area contributed by atoms with Crippen molar-refractivity contribution < 1.29 is 28.5 Å². The summed E-state index contributed by atoms with van der Waals surface area (Å²) in [6, 6.07) is 19.0. The van der Waals surface area contributed by atoms with Crippen LogP contribution in [0.1, 0.15) is 28.4 Å². The van der Waals surface area contributed by atoms with Crippen LogP contribution in [-0.2, 0) is 11.2 Å². The molecule has 8 nitrogen and oxygen atoms in total. The Balaban J connectivity index is 1.54. The number of rotatable bonds is 10. The molecule has 3 rings (SSSR count). The number of ether oxygens (including phenoxy) is 4. The number of carbonyl (C=O) groups is 2. The molecule has 176 valence electrons. The van der Waals surface area contributed by atoms with Gasteiger partial charge >= 0.3 is 5.97 Å². The lowest BCUT2D eigenvalue weighted by molar-refractivity contribution is -0.123. The highest BCUT2D eigenvalue weighted by atomic mass is 16.6. The lowest BCUT2D eigenvalue weighted by atomic mass is 10.2. The van der Waals surface area contributed by atoms with Gasteiger partial charge in [0.05, 0.1) is 26.0 Å². The van der Waals surface area contributed by atoms with E-state index in [9.17, 15) is 9.59 Å². The maximum Gasteiger partial charge on any atom is 0.343 e. The van der Waals surface area contributed by atoms with Gasteiger partial charge in [-0.2, -0.15) is 5.10 Å². The number of aryl methyl sites for hydroxylation is 1. The number of methoxy groups -OCH3 is 2. The molecule has 0 saturated carbocycles. The zero-order chi connectivity index (χ0) is 24.3. The number of hydrazone groups is 1. The van der Waals surface area contributed by atoms with Crippen LogP contribution < -0.4 is 24.4 Å². The molecule has 0 aliphatic carbocycles. The molecule has 1 N–H and O–H groups in total. The molecule has 0 bridgehead atoms. The molecule has 0 heterocycles. The number of nitrogens with zero attached hydrogens (tertiary/aromatic N) is 1. The number of nitrogens with one attached hydrogen (secondary N) is 1. The lowest BCUT2D eigenvalue weighted by Crippen LogP contribution is -2.24. The van der Waals surface area contributed by atoms with E-state index < -0.39 is 11.9 Å². The molecule has 0 atom stereocenters. The van der Waals surface area contributed by atoms with Crippen molar-refractivity contribution in [2.75, 3.05) is 20.8 Å². The quantitative estimate of drug-likeness (QED) is 0.212. The molecule has 0 aliphatic rings. The van der Waals surface area contributed by atoms with Crippen molar-refractivity contribution in [1.29, 1.82) is 0 Å². The fraction of sp³-hybridized carbons (Fsp3) is 0.192. The molecule has 3 aromatic rings. The largest absolute Gasteiger partial charge is 0.497 e. The maximum atomic E-state index is 12.4. The van der Waals surface area contributed by atoms with E-state index in [0.29, 0.717) is 28.4 Å². The summed E-state index contributed by atoms with van der Waals surface area (Å²) >= 11 is 0. The summed E-state index contributed by atoms with van der Waals surface area (Å²) in [7, 11) is 3.02. The Kier molecular flexibility index (Phi) is 8.62. The Hall–Kier alpha value is -4.33. The second-order valence-corrected chi connectivity index (χ2v) is 7.11. The summed E-state index contributed by atoms with van der Waals surface area (Å²) in [6.45, 7) is 1.91. The Labute approximate surface area is 198 Å². The van der Waals surface area contributed by atoms with Crippen molar-refractivity contribution in [3.63, 3.8) is 0 Å². The predicted octanol–water partition coefficient (Wildman–Crippen LogP) is 4.01. The summed E-state index contributed by atoms with van der Waals surface area (Å²) in [6.07, 6.45) is 2.39. The Bertz CT molecular complexity index is 1140. The third kappa shape index (κ3) is 6.83. The van der Waals surface area contributed by atoms with Crippen molar-refractivity contribution in [2.45, 2.75) is 13.3 Å². The van der Waals surface area contributed by atoms with Gasteiger partial charge in [-0.15, -0.1) is 0 Å². The van der Waals surface area contributed by atoms with E-state index in [1.54, 1.807) is 49.6 Å². The van der Waals surface area contributed by atoms with Gasteiger partial charge in [0.2, 0.25) is 0 Å². The molecule has 34 heavy (non-hydrogen) atoms. The number of hydrogen-bond donors (Lipinski definition) is 1. The van der Waals surface area contributed by atoms with E-state index in [4.69, 9.17) is 18.9 Å². The Morgan fingerprint density at radius 2 is 1.59 bits per heavy atom. The maximum absolute atomic E-state index is 12.4. The molecule has 0 unspecified atom stereocenters. The van der Waals surface area contributed by atoms with Gasteiger partial charge in [-0.1, -0.05) is 19.1 Å². The van der Waals surface area contributed by atoms with E-state index in [2.05, 4.69) is 17.5 Å². The molecular formula is C26H26N2O6. The first-order valence-electron chi connectivity index (χ1n) is 10.6. The van der Waals surface area contributed by atoms with Crippen molar-refractivity contribution in [3.05, 3.63) is 83.4 Å². The van der Waals surface area contributed by atoms with Crippen molar-refractivity contribution in [1.82, 2.24) is 5.43 Å². The highest BCUT2D eigenvalue weighted by Gasteiger charge is 2.13. The minimum atomic E-state index is -0.529. The topological polar surface area (TPSA) is 95.5 Å². The van der Waals surface area contributed by atoms with E-state index in [1.165, 1.54) is 18.9 Å². The van der Waals surface area contributed by atoms with Gasteiger partial charge in [-0.25, -0.2) is 10.2 Å². The van der Waals surface area contributed by atoms with E-state index in [0.717, 1.165) is 6.42 Å². The molecule has 0 fully saturated rings. The van der Waals surface area contributed by atoms with Gasteiger partial charge in [-0.3, -0.25) is 4.79 Å². The van der Waals surface area contributed by atoms with Crippen LogP contribution in [0, 0.1) is 0 Å². The Morgan fingerprint density at radius 1 is 0.882 bits per heavy atom. The third-order valence-corrected chi connectivity index (χ3v) is 4.82. The molecule has 0 aromatic heterocycles. The second kappa shape index (κ2) is 12.1. The molecule has 0 aliphatic heterocycles. The van der Waals surface area contributed by atoms with Gasteiger partial charge in [0.15, 0.2) is 18.1 Å². The molecular weight excluding hydrogens is 436 g/mol. The standard InChI is InChI=1S/C26H26N2O6/c1-4-18-5-10-22(11-6-18)33-17-25(29)28-27-16-19-7-14-23(24(15-19)32-3)34-26(30)20-8-12-21(31-2)13-9-20/h5-16H,4,17H2,1-3H3,(H,28,29)/b27-16-. The minimum Gasteiger partial charge on any atom is -0.497 e. The number of benzene rings is 3. The fourth-order valence-electron chi connectivity index (χ4n) is 2.92. The normalized spacial score (nSPS) is 10.6. The number of hydrogen-bond acceptors (Lipinski definition) is 7. The van der Waals surface area contributed by atoms with Crippen molar-refractivity contribution in [3.8, 4) is 23.0 Å². The first kappa shape index (κ1) is 24.3. The molecule has 0 radical (unpaired) electrons. The minimum absolute atomic E-state index is 0.160. The summed E-state index contributed by atoms with van der Waals surface area (Å²) in [4.78, 5) is 24.4. The molecule has 0 saturated heterocycles. The van der Waals surface area contributed by atoms with Crippen LogP contribution in [0.3, 0.4) is 0 Å². The summed E-state index contributed by atoms with van der Waals surface area (Å²) in [5.41, 5.74) is 4.61. The number of esters is 1. The van der Waals surface area contributed by atoms with Gasteiger partial charge in [0.25, 0.3) is 5.91 Å². The SMILES string of the molecule is CCc1ccc(OCC(=O)N/N=C\c2ccc(OC(=O)c3ccc(OC)cc3)c(OC)c2)cc1. The lowest BCUT2D eigenvalue weighted by Gasteiger charge is -2.10. The smallest absolute Gasteiger partial charge is 0.343 e. The highest BCUT2D eigenvalue weighted by molar-refractivity contribution is 5.92. The van der Waals surface area contributed by atoms with Crippen molar-refractivity contribution in [2.24, 2.45) is 5.10 Å². The Morgan fingerprint density at radius 3 is 2.24 bits per heavy atom. The van der Waals surface area contributed by atoms with Crippen LogP contribution in [0.2, 0.25) is 0 Å². The fourth-order valence-corrected chi connectivity index (χ4v) is 2.92. The average Bonchev–Trinajstić information content (AvgIpc) is 2.88. The van der Waals surface area contributed by atoms with Crippen LogP contribution in [-0.4, -0.2) is 38.9 Å². The zero-order valence-corrected chi connectivity index (χ0v) is 19.2. The first-order chi connectivity index (χ1) is 16.5. The van der Waals surface area contributed by atoms with Crippen LogP contribution in [0.25, 0.3) is 0 Å². The van der Waals surface area contributed by atoms with Gasteiger partial charge in [-0.05, 0) is 72.1 Å². The predicted molar refractivity (Wildman–Crippen MR) is 128 cm³/mol. The second-order valence-electron chi connectivity index (χ2n) is 7.11. The van der Waals surface area contributed by atoms with Crippen LogP contribution >= 0.6 is 0 Å². The van der Waals surface area contributed by atoms with Gasteiger partial charge < -0.3 is 18.9 Å². The summed E-state index contributed by atoms with van der Waals surface area (Å²) < 4.78 is 21.3. The van der Waals surface area contributed by atoms with Crippen LogP contribution in [0.4, 0.5) is 0 Å².